The standard InChI is InChI=1S/C7H12O5/c1-2-3-12-5(7(10)11)4-6(8)9/h5H,2-4H2,1H3,(H,8,9)(H,10,11)/t5-/m1/s1. The first kappa shape index (κ1) is 10.9. The molecule has 0 rings (SSSR count). The molecule has 0 heterocycles. The van der Waals surface area contributed by atoms with Crippen molar-refractivity contribution in [2.24, 2.45) is 0 Å². The highest BCUT2D eigenvalue weighted by molar-refractivity contribution is 5.79. The van der Waals surface area contributed by atoms with E-state index in [1.807, 2.05) is 6.92 Å². The van der Waals surface area contributed by atoms with Gasteiger partial charge in [-0.3, -0.25) is 4.79 Å². The van der Waals surface area contributed by atoms with E-state index in [1.165, 1.54) is 0 Å². The van der Waals surface area contributed by atoms with E-state index in [-0.39, 0.29) is 6.61 Å². The van der Waals surface area contributed by atoms with Gasteiger partial charge in [0.1, 0.15) is 0 Å². The molecule has 5 nitrogen and oxygen atoms in total. The van der Waals surface area contributed by atoms with Crippen molar-refractivity contribution in [3.05, 3.63) is 0 Å². The summed E-state index contributed by atoms with van der Waals surface area (Å²) in [6.07, 6.45) is -1.04. The number of hydrogen-bond acceptors (Lipinski definition) is 3. The van der Waals surface area contributed by atoms with Crippen LogP contribution in [-0.4, -0.2) is 34.9 Å². The maximum Gasteiger partial charge on any atom is 0.333 e. The molecule has 70 valence electrons. The van der Waals surface area contributed by atoms with Gasteiger partial charge >= 0.3 is 11.9 Å². The predicted octanol–water partition coefficient (Wildman–Crippen LogP) is 0.341. The molecule has 0 aromatic heterocycles. The third kappa shape index (κ3) is 4.68. The van der Waals surface area contributed by atoms with Gasteiger partial charge in [-0.25, -0.2) is 4.79 Å². The van der Waals surface area contributed by atoms with E-state index in [4.69, 9.17) is 14.9 Å². The Morgan fingerprint density at radius 3 is 2.33 bits per heavy atom. The van der Waals surface area contributed by atoms with Crippen LogP contribution in [0, 0.1) is 0 Å². The van der Waals surface area contributed by atoms with Crippen molar-refractivity contribution in [2.75, 3.05) is 6.61 Å². The summed E-state index contributed by atoms with van der Waals surface area (Å²) in [5.74, 6) is -2.40. The molecule has 0 saturated carbocycles. The van der Waals surface area contributed by atoms with Gasteiger partial charge in [0, 0.05) is 6.61 Å². The molecule has 1 atom stereocenters. The molecule has 0 aliphatic carbocycles. The third-order valence-corrected chi connectivity index (χ3v) is 1.16. The van der Waals surface area contributed by atoms with E-state index in [9.17, 15) is 9.59 Å². The minimum absolute atomic E-state index is 0.268. The average molecular weight is 176 g/mol. The highest BCUT2D eigenvalue weighted by atomic mass is 16.5. The van der Waals surface area contributed by atoms with Crippen LogP contribution in [0.5, 0.6) is 0 Å². The topological polar surface area (TPSA) is 83.8 Å². The highest BCUT2D eigenvalue weighted by Gasteiger charge is 2.20. The fraction of sp³-hybridized carbons (Fsp3) is 0.714. The van der Waals surface area contributed by atoms with Gasteiger partial charge in [0.25, 0.3) is 0 Å². The van der Waals surface area contributed by atoms with Crippen LogP contribution in [-0.2, 0) is 14.3 Å². The SMILES string of the molecule is CCCO[C@H](CC(=O)O)C(=O)O. The lowest BCUT2D eigenvalue weighted by Crippen LogP contribution is -2.27. The first-order valence-electron chi connectivity index (χ1n) is 3.64. The number of ether oxygens (including phenoxy) is 1. The van der Waals surface area contributed by atoms with Crippen LogP contribution in [0.2, 0.25) is 0 Å². The molecule has 0 fully saturated rings. The van der Waals surface area contributed by atoms with Crippen LogP contribution >= 0.6 is 0 Å². The first-order valence-corrected chi connectivity index (χ1v) is 3.64. The van der Waals surface area contributed by atoms with Gasteiger partial charge in [-0.15, -0.1) is 0 Å². The summed E-state index contributed by atoms with van der Waals surface area (Å²) in [6.45, 7) is 2.09. The maximum absolute atomic E-state index is 10.4. The molecule has 0 aliphatic heterocycles. The Kier molecular flexibility index (Phi) is 5.03. The van der Waals surface area contributed by atoms with Crippen LogP contribution in [0.1, 0.15) is 19.8 Å². The molecule has 0 unspecified atom stereocenters. The Labute approximate surface area is 70.0 Å². The van der Waals surface area contributed by atoms with E-state index in [2.05, 4.69) is 0 Å². The second kappa shape index (κ2) is 5.54. The molecule has 0 bridgehead atoms. The van der Waals surface area contributed by atoms with Crippen molar-refractivity contribution in [2.45, 2.75) is 25.9 Å². The Morgan fingerprint density at radius 2 is 2.00 bits per heavy atom. The first-order chi connectivity index (χ1) is 5.57. The maximum atomic E-state index is 10.4. The lowest BCUT2D eigenvalue weighted by molar-refractivity contribution is -0.156. The molecule has 2 N–H and O–H groups in total. The summed E-state index contributed by atoms with van der Waals surface area (Å²) in [5, 5.41) is 16.7. The zero-order chi connectivity index (χ0) is 9.56. The van der Waals surface area contributed by atoms with Crippen LogP contribution in [0.3, 0.4) is 0 Å². The Hall–Kier alpha value is -1.10. The van der Waals surface area contributed by atoms with Crippen molar-refractivity contribution < 1.29 is 24.5 Å². The number of rotatable bonds is 6. The molecule has 5 heteroatoms. The lowest BCUT2D eigenvalue weighted by atomic mass is 10.2. The molecule has 0 aromatic carbocycles. The summed E-state index contributed by atoms with van der Waals surface area (Å²) in [4.78, 5) is 20.5. The van der Waals surface area contributed by atoms with E-state index in [0.717, 1.165) is 0 Å². The van der Waals surface area contributed by atoms with E-state index in [1.54, 1.807) is 0 Å². The monoisotopic (exact) mass is 176 g/mol. The molecule has 12 heavy (non-hydrogen) atoms. The smallest absolute Gasteiger partial charge is 0.333 e. The fourth-order valence-electron chi connectivity index (χ4n) is 0.636. The highest BCUT2D eigenvalue weighted by Crippen LogP contribution is 1.99. The number of hydrogen-bond donors (Lipinski definition) is 2. The van der Waals surface area contributed by atoms with Crippen molar-refractivity contribution in [1.29, 1.82) is 0 Å². The zero-order valence-corrected chi connectivity index (χ0v) is 6.82. The molecule has 0 radical (unpaired) electrons. The summed E-state index contributed by atoms with van der Waals surface area (Å²) in [6, 6.07) is 0. The van der Waals surface area contributed by atoms with Crippen LogP contribution in [0.15, 0.2) is 0 Å². The van der Waals surface area contributed by atoms with E-state index >= 15 is 0 Å². The second-order valence-electron chi connectivity index (χ2n) is 2.30. The quantitative estimate of drug-likeness (QED) is 0.609. The molecular weight excluding hydrogens is 164 g/mol. The zero-order valence-electron chi connectivity index (χ0n) is 6.82. The van der Waals surface area contributed by atoms with Gasteiger partial charge in [0.05, 0.1) is 6.42 Å². The summed E-state index contributed by atoms with van der Waals surface area (Å²) >= 11 is 0. The van der Waals surface area contributed by atoms with E-state index < -0.39 is 24.5 Å². The summed E-state index contributed by atoms with van der Waals surface area (Å²) < 4.78 is 4.78. The fourth-order valence-corrected chi connectivity index (χ4v) is 0.636. The minimum Gasteiger partial charge on any atom is -0.481 e. The Bertz CT molecular complexity index is 165. The van der Waals surface area contributed by atoms with Gasteiger partial charge in [0.15, 0.2) is 6.10 Å². The normalized spacial score (nSPS) is 12.4. The molecule has 0 saturated heterocycles. The van der Waals surface area contributed by atoms with Gasteiger partial charge in [0.2, 0.25) is 0 Å². The molecule has 0 aliphatic rings. The molecular formula is C7H12O5. The van der Waals surface area contributed by atoms with E-state index in [0.29, 0.717) is 6.42 Å². The van der Waals surface area contributed by atoms with Crippen molar-refractivity contribution in [3.63, 3.8) is 0 Å². The van der Waals surface area contributed by atoms with Crippen LogP contribution in [0.25, 0.3) is 0 Å². The van der Waals surface area contributed by atoms with Crippen molar-refractivity contribution in [1.82, 2.24) is 0 Å². The van der Waals surface area contributed by atoms with Crippen molar-refractivity contribution >= 4 is 11.9 Å². The second-order valence-corrected chi connectivity index (χ2v) is 2.30. The Morgan fingerprint density at radius 1 is 1.42 bits per heavy atom. The number of carbonyl (C=O) groups is 2. The third-order valence-electron chi connectivity index (χ3n) is 1.16. The summed E-state index contributed by atoms with van der Waals surface area (Å²) in [5.41, 5.74) is 0. The molecule has 0 aromatic rings. The number of carboxylic acid groups (broad SMARTS) is 2. The van der Waals surface area contributed by atoms with Crippen molar-refractivity contribution in [3.8, 4) is 0 Å². The van der Waals surface area contributed by atoms with Crippen LogP contribution < -0.4 is 0 Å². The summed E-state index contributed by atoms with van der Waals surface area (Å²) in [7, 11) is 0. The minimum atomic E-state index is -1.23. The average Bonchev–Trinajstić information content (AvgIpc) is 1.96. The van der Waals surface area contributed by atoms with Gasteiger partial charge in [-0.1, -0.05) is 6.92 Å². The van der Waals surface area contributed by atoms with Crippen LogP contribution in [0.4, 0.5) is 0 Å². The predicted molar refractivity (Wildman–Crippen MR) is 39.9 cm³/mol. The van der Waals surface area contributed by atoms with Gasteiger partial charge < -0.3 is 14.9 Å². The largest absolute Gasteiger partial charge is 0.481 e. The van der Waals surface area contributed by atoms with Gasteiger partial charge in [-0.2, -0.15) is 0 Å². The number of carboxylic acids is 2. The molecule has 0 amide bonds. The number of aliphatic carboxylic acids is 2. The Balaban J connectivity index is 3.87. The van der Waals surface area contributed by atoms with Gasteiger partial charge in [-0.05, 0) is 6.42 Å². The molecule has 0 spiro atoms. The lowest BCUT2D eigenvalue weighted by Gasteiger charge is -2.09.